The second kappa shape index (κ2) is 8.62. The summed E-state index contributed by atoms with van der Waals surface area (Å²) >= 11 is 0. The van der Waals surface area contributed by atoms with E-state index in [2.05, 4.69) is 10.6 Å². The number of halogens is 2. The zero-order valence-corrected chi connectivity index (χ0v) is 13.3. The predicted molar refractivity (Wildman–Crippen MR) is 86.5 cm³/mol. The Bertz CT molecular complexity index is 731. The molecule has 0 aliphatic heterocycles. The molecule has 0 aromatic heterocycles. The van der Waals surface area contributed by atoms with Gasteiger partial charge < -0.3 is 20.1 Å². The van der Waals surface area contributed by atoms with Crippen molar-refractivity contribution in [2.45, 2.75) is 0 Å². The highest BCUT2D eigenvalue weighted by molar-refractivity contribution is 5.94. The molecule has 2 aromatic carbocycles. The largest absolute Gasteiger partial charge is 0.497 e. The van der Waals surface area contributed by atoms with Crippen LogP contribution in [0.2, 0.25) is 0 Å². The fraction of sp³-hybridized carbons (Fsp3) is 0.176. The molecule has 0 bridgehead atoms. The van der Waals surface area contributed by atoms with Crippen molar-refractivity contribution >= 4 is 17.5 Å². The van der Waals surface area contributed by atoms with Crippen LogP contribution in [-0.2, 0) is 9.59 Å². The van der Waals surface area contributed by atoms with Crippen LogP contribution in [-0.4, -0.2) is 32.1 Å². The summed E-state index contributed by atoms with van der Waals surface area (Å²) in [5, 5.41) is 4.35. The van der Waals surface area contributed by atoms with E-state index in [9.17, 15) is 18.4 Å². The molecule has 0 saturated heterocycles. The number of para-hydroxylation sites is 1. The highest BCUT2D eigenvalue weighted by atomic mass is 19.1. The van der Waals surface area contributed by atoms with E-state index in [1.165, 1.54) is 13.2 Å². The van der Waals surface area contributed by atoms with E-state index in [0.29, 0.717) is 11.5 Å². The fourth-order valence-corrected chi connectivity index (χ4v) is 1.85. The van der Waals surface area contributed by atoms with E-state index in [1.54, 1.807) is 24.3 Å². The summed E-state index contributed by atoms with van der Waals surface area (Å²) in [6.45, 7) is -0.758. The molecular weight excluding hydrogens is 334 g/mol. The average molecular weight is 350 g/mol. The zero-order valence-electron chi connectivity index (χ0n) is 13.3. The maximum absolute atomic E-state index is 13.4. The summed E-state index contributed by atoms with van der Waals surface area (Å²) in [7, 11) is 1.53. The van der Waals surface area contributed by atoms with E-state index in [-0.39, 0.29) is 6.61 Å². The Hall–Kier alpha value is -3.16. The van der Waals surface area contributed by atoms with Gasteiger partial charge in [-0.15, -0.1) is 0 Å². The van der Waals surface area contributed by atoms with Crippen LogP contribution in [0.25, 0.3) is 0 Å². The quantitative estimate of drug-likeness (QED) is 0.802. The number of nitrogens with one attached hydrogen (secondary N) is 2. The first-order valence-electron chi connectivity index (χ1n) is 7.27. The van der Waals surface area contributed by atoms with Gasteiger partial charge in [0.1, 0.15) is 28.8 Å². The lowest BCUT2D eigenvalue weighted by molar-refractivity contribution is -0.125. The van der Waals surface area contributed by atoms with Crippen LogP contribution >= 0.6 is 0 Å². The van der Waals surface area contributed by atoms with E-state index in [4.69, 9.17) is 9.47 Å². The lowest BCUT2D eigenvalue weighted by Gasteiger charge is -2.09. The van der Waals surface area contributed by atoms with Crippen molar-refractivity contribution in [3.63, 3.8) is 0 Å². The summed E-state index contributed by atoms with van der Waals surface area (Å²) < 4.78 is 37.0. The number of amides is 2. The molecule has 2 N–H and O–H groups in total. The number of carbonyl (C=O) groups excluding carboxylic acids is 2. The van der Waals surface area contributed by atoms with Gasteiger partial charge in [0.15, 0.2) is 6.61 Å². The minimum atomic E-state index is -0.900. The molecule has 0 heterocycles. The monoisotopic (exact) mass is 350 g/mol. The maximum Gasteiger partial charge on any atom is 0.258 e. The molecule has 132 valence electrons. The lowest BCUT2D eigenvalue weighted by atomic mass is 10.3. The van der Waals surface area contributed by atoms with Crippen LogP contribution in [0.3, 0.4) is 0 Å². The summed E-state index contributed by atoms with van der Waals surface area (Å²) in [5.41, 5.74) is -0.559. The zero-order chi connectivity index (χ0) is 18.2. The van der Waals surface area contributed by atoms with Gasteiger partial charge in [0.25, 0.3) is 5.91 Å². The number of anilines is 1. The second-order valence-corrected chi connectivity index (χ2v) is 4.89. The van der Waals surface area contributed by atoms with Crippen molar-refractivity contribution in [2.24, 2.45) is 0 Å². The van der Waals surface area contributed by atoms with Gasteiger partial charge in [-0.3, -0.25) is 9.59 Å². The third kappa shape index (κ3) is 5.45. The number of methoxy groups -OCH3 is 1. The van der Waals surface area contributed by atoms with Crippen LogP contribution in [0.1, 0.15) is 0 Å². The van der Waals surface area contributed by atoms with Gasteiger partial charge in [0.2, 0.25) is 5.91 Å². The average Bonchev–Trinajstić information content (AvgIpc) is 2.62. The summed E-state index contributed by atoms with van der Waals surface area (Å²) in [6.07, 6.45) is 0. The minimum absolute atomic E-state index is 0.312. The fourth-order valence-electron chi connectivity index (χ4n) is 1.85. The van der Waals surface area contributed by atoms with Crippen LogP contribution < -0.4 is 20.1 Å². The number of ether oxygens (including phenoxy) is 2. The molecule has 2 rings (SSSR count). The standard InChI is InChI=1S/C17H16F2N2O4/c1-24-11-5-7-12(8-6-11)25-10-16(23)20-9-15(22)21-17-13(18)3-2-4-14(17)19/h2-8H,9-10H2,1H3,(H,20,23)(H,21,22). The molecule has 0 saturated carbocycles. The first kappa shape index (κ1) is 18.2. The summed E-state index contributed by atoms with van der Waals surface area (Å²) in [6, 6.07) is 9.80. The van der Waals surface area contributed by atoms with Gasteiger partial charge in [-0.05, 0) is 36.4 Å². The number of hydrogen-bond donors (Lipinski definition) is 2. The molecule has 0 aliphatic carbocycles. The molecule has 0 fully saturated rings. The van der Waals surface area contributed by atoms with Crippen LogP contribution in [0, 0.1) is 11.6 Å². The summed E-state index contributed by atoms with van der Waals surface area (Å²) in [5.74, 6) is -2.02. The van der Waals surface area contributed by atoms with Gasteiger partial charge in [-0.1, -0.05) is 6.07 Å². The summed E-state index contributed by atoms with van der Waals surface area (Å²) in [4.78, 5) is 23.3. The normalized spacial score (nSPS) is 10.0. The molecule has 0 spiro atoms. The third-order valence-corrected chi connectivity index (χ3v) is 3.10. The van der Waals surface area contributed by atoms with Crippen molar-refractivity contribution in [3.8, 4) is 11.5 Å². The minimum Gasteiger partial charge on any atom is -0.497 e. The SMILES string of the molecule is COc1ccc(OCC(=O)NCC(=O)Nc2c(F)cccc2F)cc1. The number of benzene rings is 2. The molecule has 2 amide bonds. The Morgan fingerprint density at radius 1 is 0.960 bits per heavy atom. The Morgan fingerprint density at radius 3 is 2.16 bits per heavy atom. The van der Waals surface area contributed by atoms with Crippen LogP contribution in [0.4, 0.5) is 14.5 Å². The van der Waals surface area contributed by atoms with Crippen LogP contribution in [0.5, 0.6) is 11.5 Å². The first-order chi connectivity index (χ1) is 12.0. The Balaban J connectivity index is 1.76. The van der Waals surface area contributed by atoms with Gasteiger partial charge in [-0.25, -0.2) is 8.78 Å². The molecule has 0 atom stereocenters. The van der Waals surface area contributed by atoms with Crippen molar-refractivity contribution in [1.82, 2.24) is 5.32 Å². The van der Waals surface area contributed by atoms with E-state index < -0.39 is 35.7 Å². The van der Waals surface area contributed by atoms with Gasteiger partial charge in [-0.2, -0.15) is 0 Å². The Labute approximate surface area is 142 Å². The topological polar surface area (TPSA) is 76.7 Å². The van der Waals surface area contributed by atoms with E-state index in [1.807, 2.05) is 0 Å². The molecule has 2 aromatic rings. The first-order valence-corrected chi connectivity index (χ1v) is 7.27. The Morgan fingerprint density at radius 2 is 1.56 bits per heavy atom. The van der Waals surface area contributed by atoms with Crippen LogP contribution in [0.15, 0.2) is 42.5 Å². The highest BCUT2D eigenvalue weighted by Crippen LogP contribution is 2.18. The van der Waals surface area contributed by atoms with E-state index in [0.717, 1.165) is 12.1 Å². The Kier molecular flexibility index (Phi) is 6.27. The molecule has 25 heavy (non-hydrogen) atoms. The predicted octanol–water partition coefficient (Wildman–Crippen LogP) is 2.11. The van der Waals surface area contributed by atoms with Crippen molar-refractivity contribution < 1.29 is 27.8 Å². The molecule has 0 unspecified atom stereocenters. The molecule has 8 heteroatoms. The molecule has 0 aliphatic rings. The van der Waals surface area contributed by atoms with Crippen molar-refractivity contribution in [1.29, 1.82) is 0 Å². The van der Waals surface area contributed by atoms with E-state index >= 15 is 0 Å². The third-order valence-electron chi connectivity index (χ3n) is 3.10. The van der Waals surface area contributed by atoms with Crippen molar-refractivity contribution in [3.05, 3.63) is 54.1 Å². The number of carbonyl (C=O) groups is 2. The van der Waals surface area contributed by atoms with Gasteiger partial charge >= 0.3 is 0 Å². The second-order valence-electron chi connectivity index (χ2n) is 4.89. The highest BCUT2D eigenvalue weighted by Gasteiger charge is 2.12. The van der Waals surface area contributed by atoms with Gasteiger partial charge in [0.05, 0.1) is 13.7 Å². The molecule has 6 nitrogen and oxygen atoms in total. The van der Waals surface area contributed by atoms with Gasteiger partial charge in [0, 0.05) is 0 Å². The van der Waals surface area contributed by atoms with Crippen molar-refractivity contribution in [2.75, 3.05) is 25.6 Å². The smallest absolute Gasteiger partial charge is 0.258 e. The molecule has 0 radical (unpaired) electrons. The maximum atomic E-state index is 13.4. The molecular formula is C17H16F2N2O4. The number of hydrogen-bond acceptors (Lipinski definition) is 4. The lowest BCUT2D eigenvalue weighted by Crippen LogP contribution is -2.36. The number of rotatable bonds is 7.